The molecule has 0 fully saturated rings. The Morgan fingerprint density at radius 3 is 2.32 bits per heavy atom. The van der Waals surface area contributed by atoms with E-state index in [2.05, 4.69) is 4.98 Å². The second-order valence-electron chi connectivity index (χ2n) is 5.06. The van der Waals surface area contributed by atoms with Gasteiger partial charge in [0.15, 0.2) is 0 Å². The van der Waals surface area contributed by atoms with Gasteiger partial charge in [-0.1, -0.05) is 54.1 Å². The van der Waals surface area contributed by atoms with Crippen LogP contribution in [-0.4, -0.2) is 4.98 Å². The lowest BCUT2D eigenvalue weighted by Gasteiger charge is -2.09. The molecule has 0 saturated carbocycles. The molecule has 4 aromatic rings. The molecular formula is C19H12ClNO. The molecule has 0 amide bonds. The van der Waals surface area contributed by atoms with Gasteiger partial charge in [-0.05, 0) is 24.3 Å². The first-order chi connectivity index (χ1) is 10.8. The van der Waals surface area contributed by atoms with Crippen molar-refractivity contribution in [2.75, 3.05) is 0 Å². The first-order valence-electron chi connectivity index (χ1n) is 7.01. The molecule has 106 valence electrons. The number of para-hydroxylation sites is 1. The summed E-state index contributed by atoms with van der Waals surface area (Å²) in [7, 11) is 0. The molecule has 3 heteroatoms. The summed E-state index contributed by atoms with van der Waals surface area (Å²) in [5.41, 5.74) is 0.931. The van der Waals surface area contributed by atoms with Gasteiger partial charge in [-0.3, -0.25) is 4.98 Å². The van der Waals surface area contributed by atoms with Crippen LogP contribution in [0.25, 0.3) is 21.7 Å². The van der Waals surface area contributed by atoms with E-state index >= 15 is 0 Å². The summed E-state index contributed by atoms with van der Waals surface area (Å²) in [6.45, 7) is 0. The molecule has 22 heavy (non-hydrogen) atoms. The van der Waals surface area contributed by atoms with Gasteiger partial charge >= 0.3 is 0 Å². The number of hydrogen-bond donors (Lipinski definition) is 0. The van der Waals surface area contributed by atoms with Crippen LogP contribution in [0.1, 0.15) is 0 Å². The monoisotopic (exact) mass is 305 g/mol. The Kier molecular flexibility index (Phi) is 3.17. The van der Waals surface area contributed by atoms with Gasteiger partial charge in [0.25, 0.3) is 0 Å². The SMILES string of the molecule is Clc1cc2cc(Oc3ccccc3)cnc2c2ccccc12. The summed E-state index contributed by atoms with van der Waals surface area (Å²) in [5, 5.41) is 3.76. The van der Waals surface area contributed by atoms with Crippen molar-refractivity contribution in [1.29, 1.82) is 0 Å². The Labute approximate surface area is 132 Å². The van der Waals surface area contributed by atoms with Gasteiger partial charge in [0.05, 0.1) is 11.7 Å². The average Bonchev–Trinajstić information content (AvgIpc) is 2.56. The Morgan fingerprint density at radius 1 is 0.773 bits per heavy atom. The van der Waals surface area contributed by atoms with Gasteiger partial charge in [0, 0.05) is 21.2 Å². The largest absolute Gasteiger partial charge is 0.456 e. The van der Waals surface area contributed by atoms with Crippen LogP contribution in [-0.2, 0) is 0 Å². The minimum Gasteiger partial charge on any atom is -0.456 e. The van der Waals surface area contributed by atoms with Crippen molar-refractivity contribution in [3.8, 4) is 11.5 Å². The zero-order valence-electron chi connectivity index (χ0n) is 11.7. The van der Waals surface area contributed by atoms with Gasteiger partial charge in [0.1, 0.15) is 11.5 Å². The van der Waals surface area contributed by atoms with E-state index in [-0.39, 0.29) is 0 Å². The molecule has 0 spiro atoms. The Hall–Kier alpha value is -2.58. The van der Waals surface area contributed by atoms with Crippen LogP contribution in [0.5, 0.6) is 11.5 Å². The van der Waals surface area contributed by atoms with Gasteiger partial charge in [-0.15, -0.1) is 0 Å². The van der Waals surface area contributed by atoms with Gasteiger partial charge in [-0.2, -0.15) is 0 Å². The highest BCUT2D eigenvalue weighted by Crippen LogP contribution is 2.32. The number of pyridine rings is 1. The molecule has 0 aliphatic heterocycles. The van der Waals surface area contributed by atoms with Crippen molar-refractivity contribution < 1.29 is 4.74 Å². The summed E-state index contributed by atoms with van der Waals surface area (Å²) >= 11 is 6.38. The second-order valence-corrected chi connectivity index (χ2v) is 5.47. The number of rotatable bonds is 2. The lowest BCUT2D eigenvalue weighted by molar-refractivity contribution is 0.481. The predicted octanol–water partition coefficient (Wildman–Crippen LogP) is 5.83. The minimum absolute atomic E-state index is 0.699. The molecule has 3 aromatic carbocycles. The number of aromatic nitrogens is 1. The molecule has 0 aliphatic carbocycles. The molecule has 4 rings (SSSR count). The second kappa shape index (κ2) is 5.32. The average molecular weight is 306 g/mol. The van der Waals surface area contributed by atoms with Crippen LogP contribution in [0.15, 0.2) is 72.9 Å². The highest BCUT2D eigenvalue weighted by molar-refractivity contribution is 6.37. The maximum atomic E-state index is 6.38. The van der Waals surface area contributed by atoms with E-state index in [1.807, 2.05) is 66.7 Å². The van der Waals surface area contributed by atoms with Crippen LogP contribution < -0.4 is 4.74 Å². The third kappa shape index (κ3) is 2.28. The van der Waals surface area contributed by atoms with E-state index in [0.29, 0.717) is 5.75 Å². The van der Waals surface area contributed by atoms with Crippen molar-refractivity contribution in [3.63, 3.8) is 0 Å². The van der Waals surface area contributed by atoms with E-state index < -0.39 is 0 Å². The van der Waals surface area contributed by atoms with E-state index in [9.17, 15) is 0 Å². The fraction of sp³-hybridized carbons (Fsp3) is 0. The lowest BCUT2D eigenvalue weighted by Crippen LogP contribution is -1.88. The Bertz CT molecular complexity index is 967. The third-order valence-electron chi connectivity index (χ3n) is 3.59. The molecule has 1 aromatic heterocycles. The first-order valence-corrected chi connectivity index (χ1v) is 7.39. The number of fused-ring (bicyclic) bond motifs is 3. The maximum absolute atomic E-state index is 6.38. The van der Waals surface area contributed by atoms with Crippen LogP contribution in [0.4, 0.5) is 0 Å². The molecule has 0 bridgehead atoms. The van der Waals surface area contributed by atoms with Gasteiger partial charge in [0.2, 0.25) is 0 Å². The third-order valence-corrected chi connectivity index (χ3v) is 3.91. The quantitative estimate of drug-likeness (QED) is 0.434. The fourth-order valence-corrected chi connectivity index (χ4v) is 2.87. The molecule has 0 N–H and O–H groups in total. The molecule has 1 heterocycles. The van der Waals surface area contributed by atoms with E-state index in [1.165, 1.54) is 0 Å². The van der Waals surface area contributed by atoms with Crippen molar-refractivity contribution in [1.82, 2.24) is 4.98 Å². The van der Waals surface area contributed by atoms with E-state index in [1.54, 1.807) is 6.20 Å². The van der Waals surface area contributed by atoms with Crippen LogP contribution in [0.2, 0.25) is 5.02 Å². The number of hydrogen-bond acceptors (Lipinski definition) is 2. The lowest BCUT2D eigenvalue weighted by atomic mass is 10.1. The Balaban J connectivity index is 1.86. The summed E-state index contributed by atoms with van der Waals surface area (Å²) in [6.07, 6.45) is 1.75. The maximum Gasteiger partial charge on any atom is 0.146 e. The zero-order chi connectivity index (χ0) is 14.9. The van der Waals surface area contributed by atoms with Crippen molar-refractivity contribution >= 4 is 33.3 Å². The molecule has 0 aliphatic rings. The smallest absolute Gasteiger partial charge is 0.146 e. The highest BCUT2D eigenvalue weighted by atomic mass is 35.5. The van der Waals surface area contributed by atoms with Crippen LogP contribution >= 0.6 is 11.6 Å². The van der Waals surface area contributed by atoms with E-state index in [4.69, 9.17) is 16.3 Å². The minimum atomic E-state index is 0.699. The molecule has 2 nitrogen and oxygen atoms in total. The summed E-state index contributed by atoms with van der Waals surface area (Å²) in [5.74, 6) is 1.49. The van der Waals surface area contributed by atoms with Crippen molar-refractivity contribution in [3.05, 3.63) is 77.9 Å². The normalized spacial score (nSPS) is 11.0. The number of benzene rings is 3. The first kappa shape index (κ1) is 13.1. The number of halogens is 1. The number of ether oxygens (including phenoxy) is 1. The summed E-state index contributed by atoms with van der Waals surface area (Å²) in [6, 6.07) is 21.6. The molecule has 0 saturated heterocycles. The highest BCUT2D eigenvalue weighted by Gasteiger charge is 2.07. The fourth-order valence-electron chi connectivity index (χ4n) is 2.59. The molecule has 0 atom stereocenters. The van der Waals surface area contributed by atoms with E-state index in [0.717, 1.165) is 32.4 Å². The van der Waals surface area contributed by atoms with Crippen molar-refractivity contribution in [2.45, 2.75) is 0 Å². The van der Waals surface area contributed by atoms with Gasteiger partial charge < -0.3 is 4.74 Å². The molecule has 0 unspecified atom stereocenters. The standard InChI is InChI=1S/C19H12ClNO/c20-18-11-13-10-15(22-14-6-2-1-3-7-14)12-21-19(13)17-9-5-4-8-16(17)18/h1-12H. The summed E-state index contributed by atoms with van der Waals surface area (Å²) < 4.78 is 5.83. The van der Waals surface area contributed by atoms with Crippen molar-refractivity contribution in [2.24, 2.45) is 0 Å². The zero-order valence-corrected chi connectivity index (χ0v) is 12.4. The summed E-state index contributed by atoms with van der Waals surface area (Å²) in [4.78, 5) is 4.56. The molecular weight excluding hydrogens is 294 g/mol. The van der Waals surface area contributed by atoms with Crippen LogP contribution in [0, 0.1) is 0 Å². The molecule has 0 radical (unpaired) electrons. The predicted molar refractivity (Wildman–Crippen MR) is 90.8 cm³/mol. The van der Waals surface area contributed by atoms with Gasteiger partial charge in [-0.25, -0.2) is 0 Å². The Morgan fingerprint density at radius 2 is 1.50 bits per heavy atom. The topological polar surface area (TPSA) is 22.1 Å². The number of nitrogens with zero attached hydrogens (tertiary/aromatic N) is 1. The van der Waals surface area contributed by atoms with Crippen LogP contribution in [0.3, 0.4) is 0 Å².